The number of benzene rings is 2. The molecular weight excluding hydrogens is 414 g/mol. The van der Waals surface area contributed by atoms with Gasteiger partial charge in [0.05, 0.1) is 26.2 Å². The molecule has 0 aromatic heterocycles. The molecule has 27 heavy (non-hydrogen) atoms. The molecule has 1 saturated heterocycles. The number of sulfonamides is 1. The number of hydrogen-bond acceptors (Lipinski definition) is 3. The van der Waals surface area contributed by atoms with Crippen LogP contribution in [0.25, 0.3) is 0 Å². The van der Waals surface area contributed by atoms with Gasteiger partial charge in [0, 0.05) is 13.1 Å². The standard InChI is InChI=1S/C18H17Cl2FN2O3S/c19-14-8-7-12(27(25,26)23-9-2-1-3-10-23)11-13(14)18(24)22-16-6-4-5-15(20)17(16)21/h4-8,11H,1-3,9-10H2,(H,22,24). The minimum Gasteiger partial charge on any atom is -0.319 e. The second-order valence-corrected chi connectivity index (χ2v) is 8.91. The third-order valence-corrected chi connectivity index (χ3v) is 6.85. The van der Waals surface area contributed by atoms with E-state index in [-0.39, 0.29) is 26.2 Å². The van der Waals surface area contributed by atoms with Crippen LogP contribution in [0.4, 0.5) is 10.1 Å². The van der Waals surface area contributed by atoms with Gasteiger partial charge in [0.15, 0.2) is 5.82 Å². The van der Waals surface area contributed by atoms with E-state index in [1.165, 1.54) is 40.7 Å². The number of carbonyl (C=O) groups excluding carboxylic acids is 1. The Labute approximate surface area is 167 Å². The van der Waals surface area contributed by atoms with Gasteiger partial charge in [-0.05, 0) is 43.2 Å². The Morgan fingerprint density at radius 1 is 1.04 bits per heavy atom. The zero-order valence-electron chi connectivity index (χ0n) is 14.2. The molecule has 1 fully saturated rings. The monoisotopic (exact) mass is 430 g/mol. The molecule has 0 radical (unpaired) electrons. The first-order chi connectivity index (χ1) is 12.8. The average molecular weight is 431 g/mol. The van der Waals surface area contributed by atoms with E-state index in [2.05, 4.69) is 5.32 Å². The lowest BCUT2D eigenvalue weighted by Crippen LogP contribution is -2.35. The average Bonchev–Trinajstić information content (AvgIpc) is 2.66. The summed E-state index contributed by atoms with van der Waals surface area (Å²) >= 11 is 11.8. The van der Waals surface area contributed by atoms with Crippen molar-refractivity contribution in [2.45, 2.75) is 24.2 Å². The van der Waals surface area contributed by atoms with E-state index in [1.54, 1.807) is 0 Å². The van der Waals surface area contributed by atoms with Gasteiger partial charge in [0.25, 0.3) is 5.91 Å². The SMILES string of the molecule is O=C(Nc1cccc(Cl)c1F)c1cc(S(=O)(=O)N2CCCCC2)ccc1Cl. The van der Waals surface area contributed by atoms with Gasteiger partial charge in [-0.25, -0.2) is 12.8 Å². The highest BCUT2D eigenvalue weighted by Crippen LogP contribution is 2.27. The van der Waals surface area contributed by atoms with Crippen LogP contribution in [0.1, 0.15) is 29.6 Å². The van der Waals surface area contributed by atoms with Gasteiger partial charge >= 0.3 is 0 Å². The highest BCUT2D eigenvalue weighted by atomic mass is 35.5. The van der Waals surface area contributed by atoms with E-state index in [4.69, 9.17) is 23.2 Å². The molecule has 0 spiro atoms. The van der Waals surface area contributed by atoms with Crippen LogP contribution in [0, 0.1) is 5.82 Å². The molecule has 0 saturated carbocycles. The number of nitrogens with one attached hydrogen (secondary N) is 1. The van der Waals surface area contributed by atoms with Gasteiger partial charge in [-0.2, -0.15) is 4.31 Å². The Kier molecular flexibility index (Phi) is 6.05. The van der Waals surface area contributed by atoms with Crippen molar-refractivity contribution < 1.29 is 17.6 Å². The van der Waals surface area contributed by atoms with Crippen molar-refractivity contribution in [2.75, 3.05) is 18.4 Å². The zero-order valence-corrected chi connectivity index (χ0v) is 16.5. The highest BCUT2D eigenvalue weighted by molar-refractivity contribution is 7.89. The summed E-state index contributed by atoms with van der Waals surface area (Å²) in [4.78, 5) is 12.5. The number of hydrogen-bond donors (Lipinski definition) is 1. The molecule has 2 aromatic rings. The Balaban J connectivity index is 1.91. The lowest BCUT2D eigenvalue weighted by atomic mass is 10.2. The maximum atomic E-state index is 14.0. The minimum atomic E-state index is -3.72. The Hall–Kier alpha value is -1.67. The number of anilines is 1. The predicted molar refractivity (Wildman–Crippen MR) is 103 cm³/mol. The molecule has 3 rings (SSSR count). The van der Waals surface area contributed by atoms with Crippen LogP contribution in [0.5, 0.6) is 0 Å². The fourth-order valence-corrected chi connectivity index (χ4v) is 4.80. The summed E-state index contributed by atoms with van der Waals surface area (Å²) in [5.41, 5.74) is -0.179. The smallest absolute Gasteiger partial charge is 0.257 e. The van der Waals surface area contributed by atoms with Crippen molar-refractivity contribution >= 4 is 44.8 Å². The van der Waals surface area contributed by atoms with E-state index >= 15 is 0 Å². The van der Waals surface area contributed by atoms with Gasteiger partial charge in [0.1, 0.15) is 0 Å². The van der Waals surface area contributed by atoms with Gasteiger partial charge < -0.3 is 5.32 Å². The zero-order chi connectivity index (χ0) is 19.6. The fourth-order valence-electron chi connectivity index (χ4n) is 2.88. The third-order valence-electron chi connectivity index (χ3n) is 4.34. The van der Waals surface area contributed by atoms with Crippen molar-refractivity contribution in [1.29, 1.82) is 0 Å². The molecule has 1 heterocycles. The van der Waals surface area contributed by atoms with Gasteiger partial charge in [-0.15, -0.1) is 0 Å². The van der Waals surface area contributed by atoms with E-state index in [0.29, 0.717) is 13.1 Å². The second kappa shape index (κ2) is 8.14. The van der Waals surface area contributed by atoms with Crippen LogP contribution >= 0.6 is 23.2 Å². The summed E-state index contributed by atoms with van der Waals surface area (Å²) in [7, 11) is -3.72. The van der Waals surface area contributed by atoms with Crippen molar-refractivity contribution in [3.05, 3.63) is 57.8 Å². The Bertz CT molecular complexity index is 977. The Morgan fingerprint density at radius 3 is 2.44 bits per heavy atom. The molecule has 1 amide bonds. The third kappa shape index (κ3) is 4.27. The molecule has 9 heteroatoms. The maximum Gasteiger partial charge on any atom is 0.257 e. The lowest BCUT2D eigenvalue weighted by molar-refractivity contribution is 0.102. The van der Waals surface area contributed by atoms with Gasteiger partial charge in [-0.1, -0.05) is 35.7 Å². The van der Waals surface area contributed by atoms with Crippen molar-refractivity contribution in [2.24, 2.45) is 0 Å². The molecule has 144 valence electrons. The van der Waals surface area contributed by atoms with Gasteiger partial charge in [-0.3, -0.25) is 4.79 Å². The second-order valence-electron chi connectivity index (χ2n) is 6.16. The van der Waals surface area contributed by atoms with Crippen molar-refractivity contribution in [3.8, 4) is 0 Å². The first kappa shape index (κ1) is 20.1. The first-order valence-electron chi connectivity index (χ1n) is 8.36. The van der Waals surface area contributed by atoms with E-state index in [1.807, 2.05) is 0 Å². The predicted octanol–water partition coefficient (Wildman–Crippen LogP) is 4.56. The molecule has 0 aliphatic carbocycles. The minimum absolute atomic E-state index is 0.0227. The summed E-state index contributed by atoms with van der Waals surface area (Å²) < 4.78 is 41.0. The molecule has 0 unspecified atom stereocenters. The van der Waals surface area contributed by atoms with E-state index in [0.717, 1.165) is 19.3 Å². The fraction of sp³-hybridized carbons (Fsp3) is 0.278. The lowest BCUT2D eigenvalue weighted by Gasteiger charge is -2.26. The topological polar surface area (TPSA) is 66.5 Å². The largest absolute Gasteiger partial charge is 0.319 e. The van der Waals surface area contributed by atoms with Crippen LogP contribution < -0.4 is 5.32 Å². The number of rotatable bonds is 4. The molecule has 1 N–H and O–H groups in total. The molecule has 5 nitrogen and oxygen atoms in total. The van der Waals surface area contributed by atoms with Crippen LogP contribution in [0.15, 0.2) is 41.3 Å². The number of amides is 1. The molecule has 1 aliphatic heterocycles. The summed E-state index contributed by atoms with van der Waals surface area (Å²) in [6.07, 6.45) is 2.59. The van der Waals surface area contributed by atoms with Crippen LogP contribution in [0.3, 0.4) is 0 Å². The summed E-state index contributed by atoms with van der Waals surface area (Å²) in [6, 6.07) is 8.11. The number of nitrogens with zero attached hydrogens (tertiary/aromatic N) is 1. The van der Waals surface area contributed by atoms with Crippen LogP contribution in [0.2, 0.25) is 10.0 Å². The maximum absolute atomic E-state index is 14.0. The normalized spacial score (nSPS) is 15.5. The van der Waals surface area contributed by atoms with Crippen molar-refractivity contribution in [3.63, 3.8) is 0 Å². The molecule has 0 bridgehead atoms. The molecule has 1 aliphatic rings. The number of piperidine rings is 1. The van der Waals surface area contributed by atoms with Gasteiger partial charge in [0.2, 0.25) is 10.0 Å². The molecular formula is C18H17Cl2FN2O3S. The first-order valence-corrected chi connectivity index (χ1v) is 10.6. The van der Waals surface area contributed by atoms with E-state index in [9.17, 15) is 17.6 Å². The van der Waals surface area contributed by atoms with Crippen LogP contribution in [-0.4, -0.2) is 31.7 Å². The Morgan fingerprint density at radius 2 is 1.74 bits per heavy atom. The molecule has 0 atom stereocenters. The van der Waals surface area contributed by atoms with Crippen molar-refractivity contribution in [1.82, 2.24) is 4.31 Å². The van der Waals surface area contributed by atoms with Crippen LogP contribution in [-0.2, 0) is 10.0 Å². The quantitative estimate of drug-likeness (QED) is 0.772. The summed E-state index contributed by atoms with van der Waals surface area (Å²) in [6.45, 7) is 0.889. The number of halogens is 3. The summed E-state index contributed by atoms with van der Waals surface area (Å²) in [5.74, 6) is -1.50. The molecule has 2 aromatic carbocycles. The van der Waals surface area contributed by atoms with E-state index < -0.39 is 21.7 Å². The summed E-state index contributed by atoms with van der Waals surface area (Å²) in [5, 5.41) is 2.30. The number of carbonyl (C=O) groups is 1. The highest BCUT2D eigenvalue weighted by Gasteiger charge is 2.27.